The number of thioether (sulfide) groups is 1. The third kappa shape index (κ3) is 4.59. The van der Waals surface area contributed by atoms with Gasteiger partial charge in [-0.15, -0.1) is 0 Å². The molecule has 2 aromatic rings. The molecular weight excluding hydrogens is 364 g/mol. The van der Waals surface area contributed by atoms with Gasteiger partial charge in [-0.05, 0) is 30.2 Å². The Morgan fingerprint density at radius 3 is 2.60 bits per heavy atom. The molecule has 1 heterocycles. The summed E-state index contributed by atoms with van der Waals surface area (Å²) in [7, 11) is -3.43. The smallest absolute Gasteiger partial charge is 0.212 e. The van der Waals surface area contributed by atoms with Gasteiger partial charge in [0, 0.05) is 29.7 Å². The van der Waals surface area contributed by atoms with Crippen molar-refractivity contribution in [3.63, 3.8) is 0 Å². The fraction of sp³-hybridized carbons (Fsp3) is 0.333. The average molecular weight is 383 g/mol. The molecule has 0 spiro atoms. The van der Waals surface area contributed by atoms with Crippen LogP contribution in [0.3, 0.4) is 0 Å². The minimum Gasteiger partial charge on any atom is -0.212 e. The number of nitrogens with zero attached hydrogens (tertiary/aromatic N) is 1. The van der Waals surface area contributed by atoms with Gasteiger partial charge >= 0.3 is 0 Å². The molecule has 3 nitrogen and oxygen atoms in total. The van der Waals surface area contributed by atoms with Crippen LogP contribution in [0.5, 0.6) is 0 Å². The van der Waals surface area contributed by atoms with Crippen molar-refractivity contribution >= 4 is 21.8 Å². The van der Waals surface area contributed by atoms with Crippen LogP contribution in [0.1, 0.15) is 22.8 Å². The summed E-state index contributed by atoms with van der Waals surface area (Å²) in [6.45, 7) is 0.691. The van der Waals surface area contributed by atoms with Gasteiger partial charge in [-0.1, -0.05) is 30.3 Å². The molecule has 3 rings (SSSR count). The summed E-state index contributed by atoms with van der Waals surface area (Å²) in [5.74, 6) is -0.416. The number of sulfonamides is 1. The van der Waals surface area contributed by atoms with Crippen LogP contribution in [0.4, 0.5) is 8.78 Å². The van der Waals surface area contributed by atoms with Crippen LogP contribution in [0, 0.1) is 11.6 Å². The van der Waals surface area contributed by atoms with Crippen molar-refractivity contribution in [3.8, 4) is 0 Å². The number of hydrogen-bond donors (Lipinski definition) is 0. The number of halogens is 2. The van der Waals surface area contributed by atoms with Gasteiger partial charge in [0.25, 0.3) is 0 Å². The van der Waals surface area contributed by atoms with E-state index in [-0.39, 0.29) is 11.0 Å². The summed E-state index contributed by atoms with van der Waals surface area (Å²) in [5.41, 5.74) is 1.06. The van der Waals surface area contributed by atoms with Crippen molar-refractivity contribution in [3.05, 3.63) is 71.3 Å². The van der Waals surface area contributed by atoms with Crippen LogP contribution >= 0.6 is 11.8 Å². The van der Waals surface area contributed by atoms with Gasteiger partial charge in [0.2, 0.25) is 10.0 Å². The molecule has 0 saturated carbocycles. The van der Waals surface area contributed by atoms with Gasteiger partial charge < -0.3 is 0 Å². The molecule has 0 amide bonds. The van der Waals surface area contributed by atoms with Gasteiger partial charge in [-0.3, -0.25) is 0 Å². The van der Waals surface area contributed by atoms with Crippen LogP contribution in [-0.2, 0) is 15.8 Å². The Hall–Kier alpha value is -1.44. The zero-order valence-electron chi connectivity index (χ0n) is 13.6. The van der Waals surface area contributed by atoms with E-state index in [4.69, 9.17) is 0 Å². The summed E-state index contributed by atoms with van der Waals surface area (Å²) in [6, 6.07) is 12.5. The summed E-state index contributed by atoms with van der Waals surface area (Å²) in [5, 5.41) is -0.243. The second-order valence-electron chi connectivity index (χ2n) is 5.95. The van der Waals surface area contributed by atoms with Gasteiger partial charge in [0.05, 0.1) is 5.75 Å². The monoisotopic (exact) mass is 383 g/mol. The lowest BCUT2D eigenvalue weighted by Gasteiger charge is -2.20. The van der Waals surface area contributed by atoms with E-state index in [9.17, 15) is 17.2 Å². The summed E-state index contributed by atoms with van der Waals surface area (Å²) < 4.78 is 54.2. The van der Waals surface area contributed by atoms with Gasteiger partial charge in [-0.2, -0.15) is 11.8 Å². The summed E-state index contributed by atoms with van der Waals surface area (Å²) in [6.07, 6.45) is 0.457. The highest BCUT2D eigenvalue weighted by atomic mass is 32.2. The van der Waals surface area contributed by atoms with Crippen LogP contribution in [-0.4, -0.2) is 31.6 Å². The Balaban J connectivity index is 1.72. The second-order valence-corrected chi connectivity index (χ2v) is 9.23. The lowest BCUT2D eigenvalue weighted by atomic mass is 10.1. The van der Waals surface area contributed by atoms with Gasteiger partial charge in [0.1, 0.15) is 11.6 Å². The maximum Gasteiger partial charge on any atom is 0.218 e. The molecule has 2 aromatic carbocycles. The van der Waals surface area contributed by atoms with Gasteiger partial charge in [-0.25, -0.2) is 21.5 Å². The van der Waals surface area contributed by atoms with Crippen LogP contribution in [0.15, 0.2) is 48.5 Å². The summed E-state index contributed by atoms with van der Waals surface area (Å²) in [4.78, 5) is 0. The van der Waals surface area contributed by atoms with Crippen molar-refractivity contribution < 1.29 is 17.2 Å². The molecule has 0 N–H and O–H groups in total. The molecule has 0 radical (unpaired) electrons. The molecule has 1 aliphatic heterocycles. The van der Waals surface area contributed by atoms with E-state index in [1.54, 1.807) is 12.1 Å². The molecule has 0 aliphatic carbocycles. The summed E-state index contributed by atoms with van der Waals surface area (Å²) >= 11 is 1.47. The zero-order valence-corrected chi connectivity index (χ0v) is 15.2. The highest BCUT2D eigenvalue weighted by molar-refractivity contribution is 7.99. The molecule has 134 valence electrons. The van der Waals surface area contributed by atoms with E-state index >= 15 is 0 Å². The van der Waals surface area contributed by atoms with Crippen LogP contribution in [0.2, 0.25) is 0 Å². The highest BCUT2D eigenvalue weighted by Crippen LogP contribution is 2.36. The fourth-order valence-electron chi connectivity index (χ4n) is 2.91. The third-order valence-electron chi connectivity index (χ3n) is 4.19. The quantitative estimate of drug-likeness (QED) is 0.802. The normalized spacial score (nSPS) is 19.5. The molecule has 7 heteroatoms. The molecule has 1 atom stereocenters. The van der Waals surface area contributed by atoms with Crippen LogP contribution < -0.4 is 0 Å². The Morgan fingerprint density at radius 2 is 1.84 bits per heavy atom. The fourth-order valence-corrected chi connectivity index (χ4v) is 5.82. The lowest BCUT2D eigenvalue weighted by molar-refractivity contribution is 0.426. The van der Waals surface area contributed by atoms with E-state index in [0.717, 1.165) is 17.7 Å². The standard InChI is InChI=1S/C18H19F2NO2S2/c19-15-6-7-17(20)16(12-15)18-8-9-21(10-11-24-18)25(22,23)13-14-4-2-1-3-5-14/h1-7,12,18H,8-11,13H2. The zero-order chi connectivity index (χ0) is 17.9. The predicted molar refractivity (Wildman–Crippen MR) is 96.8 cm³/mol. The topological polar surface area (TPSA) is 37.4 Å². The number of rotatable bonds is 4. The van der Waals surface area contributed by atoms with E-state index in [1.807, 2.05) is 18.2 Å². The molecular formula is C18H19F2NO2S2. The van der Waals surface area contributed by atoms with Crippen molar-refractivity contribution in [2.45, 2.75) is 17.4 Å². The Morgan fingerprint density at radius 1 is 1.08 bits per heavy atom. The third-order valence-corrected chi connectivity index (χ3v) is 7.35. The first-order valence-electron chi connectivity index (χ1n) is 8.04. The predicted octanol–water partition coefficient (Wildman–Crippen LogP) is 3.97. The molecule has 1 fully saturated rings. The van der Waals surface area contributed by atoms with Crippen molar-refractivity contribution in [2.75, 3.05) is 18.8 Å². The van der Waals surface area contributed by atoms with Crippen molar-refractivity contribution in [2.24, 2.45) is 0 Å². The number of hydrogen-bond acceptors (Lipinski definition) is 3. The van der Waals surface area contributed by atoms with E-state index in [0.29, 0.717) is 30.8 Å². The van der Waals surface area contributed by atoms with Crippen molar-refractivity contribution in [1.82, 2.24) is 4.31 Å². The molecule has 1 unspecified atom stereocenters. The highest BCUT2D eigenvalue weighted by Gasteiger charge is 2.28. The second kappa shape index (κ2) is 7.85. The largest absolute Gasteiger partial charge is 0.218 e. The Bertz CT molecular complexity index is 828. The van der Waals surface area contributed by atoms with E-state index < -0.39 is 21.7 Å². The Labute approximate surface area is 151 Å². The lowest BCUT2D eigenvalue weighted by Crippen LogP contribution is -2.34. The maximum absolute atomic E-state index is 14.0. The first-order valence-corrected chi connectivity index (χ1v) is 10.7. The van der Waals surface area contributed by atoms with Crippen LogP contribution in [0.25, 0.3) is 0 Å². The Kier molecular flexibility index (Phi) is 5.76. The molecule has 1 saturated heterocycles. The average Bonchev–Trinajstić information content (AvgIpc) is 2.84. The first kappa shape index (κ1) is 18.4. The van der Waals surface area contributed by atoms with Gasteiger partial charge in [0.15, 0.2) is 0 Å². The maximum atomic E-state index is 14.0. The van der Waals surface area contributed by atoms with E-state index in [1.165, 1.54) is 22.1 Å². The molecule has 0 aromatic heterocycles. The first-order chi connectivity index (χ1) is 12.0. The molecule has 1 aliphatic rings. The van der Waals surface area contributed by atoms with Crippen molar-refractivity contribution in [1.29, 1.82) is 0 Å². The number of benzene rings is 2. The van der Waals surface area contributed by atoms with E-state index in [2.05, 4.69) is 0 Å². The minimum absolute atomic E-state index is 0.0441. The SMILES string of the molecule is O=S(=O)(Cc1ccccc1)N1CCSC(c2cc(F)ccc2F)CC1. The molecule has 25 heavy (non-hydrogen) atoms. The minimum atomic E-state index is -3.43. The molecule has 0 bridgehead atoms.